The highest BCUT2D eigenvalue weighted by Gasteiger charge is 1.94. The van der Waals surface area contributed by atoms with Crippen LogP contribution in [0.3, 0.4) is 0 Å². The van der Waals surface area contributed by atoms with Gasteiger partial charge in [0.15, 0.2) is 0 Å². The zero-order valence-corrected chi connectivity index (χ0v) is 9.66. The highest BCUT2D eigenvalue weighted by Crippen LogP contribution is 2.10. The molecule has 0 aliphatic heterocycles. The van der Waals surface area contributed by atoms with Crippen LogP contribution in [-0.2, 0) is 4.79 Å². The van der Waals surface area contributed by atoms with E-state index in [1.54, 1.807) is 6.20 Å². The van der Waals surface area contributed by atoms with Crippen LogP contribution in [0.15, 0.2) is 18.3 Å². The molecule has 1 heterocycles. The molecule has 0 atom stereocenters. The third kappa shape index (κ3) is 4.13. The maximum absolute atomic E-state index is 10.6. The molecule has 1 rings (SSSR count). The quantitative estimate of drug-likeness (QED) is 0.754. The van der Waals surface area contributed by atoms with E-state index in [4.69, 9.17) is 5.73 Å². The van der Waals surface area contributed by atoms with Crippen LogP contribution in [0.5, 0.6) is 0 Å². The van der Waals surface area contributed by atoms with Gasteiger partial charge in [-0.2, -0.15) is 0 Å². The predicted molar refractivity (Wildman–Crippen MR) is 65.7 cm³/mol. The zero-order chi connectivity index (χ0) is 12.0. The van der Waals surface area contributed by atoms with E-state index in [-0.39, 0.29) is 5.91 Å². The van der Waals surface area contributed by atoms with Crippen molar-refractivity contribution in [3.63, 3.8) is 0 Å². The summed E-state index contributed by atoms with van der Waals surface area (Å²) in [6.07, 6.45) is 6.52. The number of carbonyl (C=O) groups excluding carboxylic acids is 1. The number of amides is 1. The van der Waals surface area contributed by atoms with Crippen molar-refractivity contribution in [1.29, 1.82) is 0 Å². The lowest BCUT2D eigenvalue weighted by molar-refractivity contribution is -0.118. The van der Waals surface area contributed by atoms with E-state index in [2.05, 4.69) is 10.3 Å². The number of pyridine rings is 1. The Labute approximate surface area is 95.6 Å². The van der Waals surface area contributed by atoms with Crippen molar-refractivity contribution in [2.24, 2.45) is 0 Å². The lowest BCUT2D eigenvalue weighted by Gasteiger charge is -2.00. The monoisotopic (exact) mass is 219 g/mol. The SMILES string of the molecule is CC(=O)NCCC=Cc1cnc(N)c(C)c1. The van der Waals surface area contributed by atoms with E-state index in [1.807, 2.05) is 25.1 Å². The Bertz CT molecular complexity index is 399. The molecule has 0 saturated carbocycles. The van der Waals surface area contributed by atoms with Gasteiger partial charge in [-0.1, -0.05) is 12.2 Å². The van der Waals surface area contributed by atoms with Gasteiger partial charge in [0.2, 0.25) is 5.91 Å². The number of nitrogen functional groups attached to an aromatic ring is 1. The lowest BCUT2D eigenvalue weighted by Crippen LogP contribution is -2.20. The Kier molecular flexibility index (Phi) is 4.51. The number of rotatable bonds is 4. The first-order chi connectivity index (χ1) is 7.59. The number of aryl methyl sites for hydroxylation is 1. The van der Waals surface area contributed by atoms with Crippen LogP contribution in [0.4, 0.5) is 5.82 Å². The molecule has 0 fully saturated rings. The molecule has 16 heavy (non-hydrogen) atoms. The maximum atomic E-state index is 10.6. The summed E-state index contributed by atoms with van der Waals surface area (Å²) in [7, 11) is 0. The van der Waals surface area contributed by atoms with E-state index >= 15 is 0 Å². The molecule has 0 bridgehead atoms. The van der Waals surface area contributed by atoms with Gasteiger partial charge in [0.05, 0.1) is 0 Å². The normalized spacial score (nSPS) is 10.6. The van der Waals surface area contributed by atoms with Crippen molar-refractivity contribution in [3.05, 3.63) is 29.5 Å². The molecule has 4 heteroatoms. The molecule has 0 saturated heterocycles. The fourth-order valence-electron chi connectivity index (χ4n) is 1.25. The van der Waals surface area contributed by atoms with Gasteiger partial charge in [-0.3, -0.25) is 4.79 Å². The Hall–Kier alpha value is -1.84. The number of hydrogen-bond donors (Lipinski definition) is 2. The number of anilines is 1. The first-order valence-corrected chi connectivity index (χ1v) is 5.22. The second kappa shape index (κ2) is 5.90. The molecule has 0 spiro atoms. The Balaban J connectivity index is 2.44. The Morgan fingerprint density at radius 3 is 3.00 bits per heavy atom. The van der Waals surface area contributed by atoms with Gasteiger partial charge in [-0.15, -0.1) is 0 Å². The summed E-state index contributed by atoms with van der Waals surface area (Å²) in [6, 6.07) is 1.98. The molecule has 1 aromatic rings. The van der Waals surface area contributed by atoms with E-state index < -0.39 is 0 Å². The maximum Gasteiger partial charge on any atom is 0.216 e. The highest BCUT2D eigenvalue weighted by molar-refractivity contribution is 5.72. The summed E-state index contributed by atoms with van der Waals surface area (Å²) in [5.74, 6) is 0.564. The van der Waals surface area contributed by atoms with Crippen LogP contribution < -0.4 is 11.1 Å². The number of nitrogens with two attached hydrogens (primary N) is 1. The Morgan fingerprint density at radius 2 is 2.38 bits per heavy atom. The zero-order valence-electron chi connectivity index (χ0n) is 9.66. The first-order valence-electron chi connectivity index (χ1n) is 5.22. The first kappa shape index (κ1) is 12.2. The van der Waals surface area contributed by atoms with Gasteiger partial charge in [-0.25, -0.2) is 4.98 Å². The largest absolute Gasteiger partial charge is 0.383 e. The van der Waals surface area contributed by atoms with Gasteiger partial charge in [0.25, 0.3) is 0 Å². The van der Waals surface area contributed by atoms with Gasteiger partial charge >= 0.3 is 0 Å². The van der Waals surface area contributed by atoms with E-state index in [0.29, 0.717) is 12.4 Å². The summed E-state index contributed by atoms with van der Waals surface area (Å²) in [5, 5.41) is 2.73. The van der Waals surface area contributed by atoms with Gasteiger partial charge in [-0.05, 0) is 30.5 Å². The second-order valence-corrected chi connectivity index (χ2v) is 3.64. The minimum atomic E-state index is -0.00149. The van der Waals surface area contributed by atoms with Crippen LogP contribution in [0.2, 0.25) is 0 Å². The highest BCUT2D eigenvalue weighted by atomic mass is 16.1. The number of aromatic nitrogens is 1. The van der Waals surface area contributed by atoms with Crippen molar-refractivity contribution in [2.45, 2.75) is 20.3 Å². The molecule has 3 N–H and O–H groups in total. The van der Waals surface area contributed by atoms with Crippen LogP contribution in [0, 0.1) is 6.92 Å². The molecule has 1 aromatic heterocycles. The molecule has 86 valence electrons. The fourth-order valence-corrected chi connectivity index (χ4v) is 1.25. The number of nitrogens with one attached hydrogen (secondary N) is 1. The summed E-state index contributed by atoms with van der Waals surface area (Å²) in [4.78, 5) is 14.7. The molecular formula is C12H17N3O. The standard InChI is InChI=1S/C12H17N3O/c1-9-7-11(8-15-12(9)13)5-3-4-6-14-10(2)16/h3,5,7-8H,4,6H2,1-2H3,(H2,13,15)(H,14,16). The van der Waals surface area contributed by atoms with E-state index in [1.165, 1.54) is 6.92 Å². The molecule has 0 aliphatic carbocycles. The minimum Gasteiger partial charge on any atom is -0.383 e. The van der Waals surface area contributed by atoms with Gasteiger partial charge in [0.1, 0.15) is 5.82 Å². The van der Waals surface area contributed by atoms with Crippen molar-refractivity contribution in [1.82, 2.24) is 10.3 Å². The lowest BCUT2D eigenvalue weighted by atomic mass is 10.2. The van der Waals surface area contributed by atoms with Crippen molar-refractivity contribution in [3.8, 4) is 0 Å². The van der Waals surface area contributed by atoms with Gasteiger partial charge in [0, 0.05) is 19.7 Å². The van der Waals surface area contributed by atoms with Crippen molar-refractivity contribution in [2.75, 3.05) is 12.3 Å². The summed E-state index contributed by atoms with van der Waals surface area (Å²) >= 11 is 0. The third-order valence-corrected chi connectivity index (χ3v) is 2.14. The van der Waals surface area contributed by atoms with E-state index in [0.717, 1.165) is 17.5 Å². The molecule has 0 aromatic carbocycles. The molecule has 4 nitrogen and oxygen atoms in total. The van der Waals surface area contributed by atoms with Crippen molar-refractivity contribution >= 4 is 17.8 Å². The van der Waals surface area contributed by atoms with Crippen LogP contribution in [0.25, 0.3) is 6.08 Å². The average molecular weight is 219 g/mol. The van der Waals surface area contributed by atoms with Crippen LogP contribution >= 0.6 is 0 Å². The molecular weight excluding hydrogens is 202 g/mol. The summed E-state index contributed by atoms with van der Waals surface area (Å²) < 4.78 is 0. The topological polar surface area (TPSA) is 68.0 Å². The number of nitrogens with zero attached hydrogens (tertiary/aromatic N) is 1. The van der Waals surface area contributed by atoms with E-state index in [9.17, 15) is 4.79 Å². The Morgan fingerprint density at radius 1 is 1.62 bits per heavy atom. The predicted octanol–water partition coefficient (Wildman–Crippen LogP) is 1.51. The second-order valence-electron chi connectivity index (χ2n) is 3.64. The number of carbonyl (C=O) groups is 1. The fraction of sp³-hybridized carbons (Fsp3) is 0.333. The average Bonchev–Trinajstić information content (AvgIpc) is 2.22. The molecule has 0 radical (unpaired) electrons. The molecule has 1 amide bonds. The van der Waals surface area contributed by atoms with Crippen molar-refractivity contribution < 1.29 is 4.79 Å². The van der Waals surface area contributed by atoms with Crippen LogP contribution in [-0.4, -0.2) is 17.4 Å². The molecule has 0 unspecified atom stereocenters. The van der Waals surface area contributed by atoms with Gasteiger partial charge < -0.3 is 11.1 Å². The summed E-state index contributed by atoms with van der Waals surface area (Å²) in [6.45, 7) is 4.10. The smallest absolute Gasteiger partial charge is 0.216 e. The number of hydrogen-bond acceptors (Lipinski definition) is 3. The van der Waals surface area contributed by atoms with Crippen LogP contribution in [0.1, 0.15) is 24.5 Å². The third-order valence-electron chi connectivity index (χ3n) is 2.14. The molecule has 0 aliphatic rings. The minimum absolute atomic E-state index is 0.00149. The summed E-state index contributed by atoms with van der Waals surface area (Å²) in [5.41, 5.74) is 7.61.